The molecule has 1 amide bonds. The Morgan fingerprint density at radius 2 is 1.83 bits per heavy atom. The molecule has 5 heteroatoms. The van der Waals surface area contributed by atoms with Crippen LogP contribution in [0.15, 0.2) is 0 Å². The fourth-order valence-corrected chi connectivity index (χ4v) is 0. The van der Waals surface area contributed by atoms with Gasteiger partial charge in [0.1, 0.15) is 0 Å². The van der Waals surface area contributed by atoms with Gasteiger partial charge in [0.2, 0.25) is 0 Å². The van der Waals surface area contributed by atoms with Crippen molar-refractivity contribution in [1.82, 2.24) is 0 Å². The number of rotatable bonds is 1. The molecule has 0 heterocycles. The quantitative estimate of drug-likeness (QED) is 0.392. The summed E-state index contributed by atoms with van der Waals surface area (Å²) < 4.78 is 9.13. The van der Waals surface area contributed by atoms with Crippen LogP contribution in [0, 0.1) is 0 Å². The van der Waals surface area contributed by atoms with Gasteiger partial charge in [0.05, 0.1) is 0 Å². The van der Waals surface area contributed by atoms with Gasteiger partial charge >= 0.3 is 57.0 Å². The minimum absolute atomic E-state index is 0. The number of nitrogens with two attached hydrogens (primary N) is 1. The van der Waals surface area contributed by atoms with E-state index in [9.17, 15) is 4.79 Å². The van der Waals surface area contributed by atoms with Gasteiger partial charge in [0.15, 0.2) is 0 Å². The molecule has 3 nitrogen and oxygen atoms in total. The third-order valence-corrected chi connectivity index (χ3v) is 0.270. The molecule has 0 aromatic carbocycles. The van der Waals surface area contributed by atoms with E-state index in [4.69, 9.17) is 4.57 Å². The summed E-state index contributed by atoms with van der Waals surface area (Å²) in [6.07, 6.45) is 0. The molecule has 0 aliphatic heterocycles. The van der Waals surface area contributed by atoms with E-state index in [1.165, 1.54) is 0 Å². The van der Waals surface area contributed by atoms with Crippen LogP contribution in [0.3, 0.4) is 0 Å². The number of primary amides is 1. The second kappa shape index (κ2) is 6.21. The molecule has 0 spiro atoms. The van der Waals surface area contributed by atoms with Gasteiger partial charge in [0, 0.05) is 0 Å². The Labute approximate surface area is 79.3 Å². The van der Waals surface area contributed by atoms with Crippen LogP contribution >= 0.6 is 8.46 Å². The van der Waals surface area contributed by atoms with Crippen LogP contribution in [0.5, 0.6) is 0 Å². The second-order valence-corrected chi connectivity index (χ2v) is 1.05. The van der Waals surface area contributed by atoms with Crippen LogP contribution in [0.2, 0.25) is 0 Å². The zero-order chi connectivity index (χ0) is 4.28. The van der Waals surface area contributed by atoms with Crippen molar-refractivity contribution in [1.29, 1.82) is 0 Å². The number of carbonyl (C=O) groups is 1. The van der Waals surface area contributed by atoms with E-state index in [-0.39, 0.29) is 51.4 Å². The normalized spacial score (nSPS) is 6.67. The van der Waals surface area contributed by atoms with E-state index in [1.54, 1.807) is 0 Å². The van der Waals surface area contributed by atoms with Gasteiger partial charge < -0.3 is 5.73 Å². The molecule has 0 radical (unpaired) electrons. The summed E-state index contributed by atoms with van der Waals surface area (Å²) in [7, 11) is -0.614. The minimum atomic E-state index is -0.829. The van der Waals surface area contributed by atoms with Gasteiger partial charge in [0.25, 0.3) is 8.46 Å². The fraction of sp³-hybridized carbons (Fsp3) is 0. The molecule has 0 saturated heterocycles. The van der Waals surface area contributed by atoms with E-state index in [1.807, 2.05) is 0 Å². The molecule has 0 bridgehead atoms. The topological polar surface area (TPSA) is 60.2 Å². The number of hydrogen-bond donors (Lipinski definition) is 1. The third kappa shape index (κ3) is 8.96. The Balaban J connectivity index is 0. The van der Waals surface area contributed by atoms with Crippen LogP contribution in [-0.2, 0) is 4.57 Å². The maximum atomic E-state index is 9.27. The molecule has 0 aliphatic carbocycles. The summed E-state index contributed by atoms with van der Waals surface area (Å²) in [5, 5.41) is 0. The molecule has 0 aliphatic rings. The average molecular weight is 131 g/mol. The van der Waals surface area contributed by atoms with Crippen molar-refractivity contribution in [2.45, 2.75) is 0 Å². The van der Waals surface area contributed by atoms with Gasteiger partial charge in [-0.25, -0.2) is 0 Å². The molecule has 0 fully saturated rings. The molecule has 0 aromatic rings. The van der Waals surface area contributed by atoms with Crippen molar-refractivity contribution >= 4 is 65.5 Å². The molecule has 6 heavy (non-hydrogen) atoms. The molecule has 0 aromatic heterocycles. The van der Waals surface area contributed by atoms with Crippen molar-refractivity contribution in [2.75, 3.05) is 0 Å². The van der Waals surface area contributed by atoms with E-state index < -0.39 is 14.1 Å². The molecule has 30 valence electrons. The summed E-state index contributed by atoms with van der Waals surface area (Å²) in [6, 6.07) is 0. The van der Waals surface area contributed by atoms with Gasteiger partial charge in [-0.05, 0) is 0 Å². The van der Waals surface area contributed by atoms with Gasteiger partial charge in [-0.3, -0.25) is 9.36 Å². The van der Waals surface area contributed by atoms with Crippen LogP contribution in [0.1, 0.15) is 0 Å². The second-order valence-electron chi connectivity index (χ2n) is 0.430. The summed E-state index contributed by atoms with van der Waals surface area (Å²) in [4.78, 5) is 9.27. The van der Waals surface area contributed by atoms with Crippen LogP contribution in [-0.4, -0.2) is 57.0 Å². The molecule has 0 unspecified atom stereocenters. The Bertz CT molecular complexity index is 64.6. The Morgan fingerprint density at radius 3 is 1.83 bits per heavy atom. The molecule has 0 saturated carbocycles. The van der Waals surface area contributed by atoms with Gasteiger partial charge in [-0.15, -0.1) is 0 Å². The maximum absolute atomic E-state index is 9.27. The first-order valence-corrected chi connectivity index (χ1v) is 1.71. The molecule has 0 rings (SSSR count). The summed E-state index contributed by atoms with van der Waals surface area (Å²) in [5.74, 6) is 0. The van der Waals surface area contributed by atoms with E-state index >= 15 is 0 Å². The van der Waals surface area contributed by atoms with Crippen molar-refractivity contribution in [3.05, 3.63) is 0 Å². The van der Waals surface area contributed by atoms with Gasteiger partial charge in [-0.1, -0.05) is 0 Å². The summed E-state index contributed by atoms with van der Waals surface area (Å²) >= 11 is 0. The predicted octanol–water partition coefficient (Wildman–Crippen LogP) is -0.292. The van der Waals surface area contributed by atoms with E-state index in [0.717, 1.165) is 0 Å². The summed E-state index contributed by atoms with van der Waals surface area (Å²) in [6.45, 7) is 0. The summed E-state index contributed by atoms with van der Waals surface area (Å²) in [5.41, 5.74) is 3.50. The number of carbonyl (C=O) groups excluding carboxylic acids is 1. The van der Waals surface area contributed by atoms with E-state index in [0.29, 0.717) is 0 Å². The SMILES string of the molecule is NC(=O)P=O.[KH]. The Kier molecular flexibility index (Phi) is 10.6. The third-order valence-electron chi connectivity index (χ3n) is 0.0900. The van der Waals surface area contributed by atoms with E-state index in [2.05, 4.69) is 5.73 Å². The molecular weight excluding hydrogens is 128 g/mol. The first-order valence-electron chi connectivity index (χ1n) is 0.899. The van der Waals surface area contributed by atoms with Crippen LogP contribution in [0.25, 0.3) is 0 Å². The van der Waals surface area contributed by atoms with Crippen molar-refractivity contribution in [3.63, 3.8) is 0 Å². The fourth-order valence-electron chi connectivity index (χ4n) is 0. The van der Waals surface area contributed by atoms with Crippen molar-refractivity contribution in [2.24, 2.45) is 5.73 Å². The zero-order valence-corrected chi connectivity index (χ0v) is 3.24. The van der Waals surface area contributed by atoms with Crippen LogP contribution < -0.4 is 5.73 Å². The Morgan fingerprint density at radius 1 is 1.67 bits per heavy atom. The molecule has 0 atom stereocenters. The first kappa shape index (κ1) is 10.2. The van der Waals surface area contributed by atoms with Crippen LogP contribution in [0.4, 0.5) is 4.79 Å². The van der Waals surface area contributed by atoms with Gasteiger partial charge in [-0.2, -0.15) is 0 Å². The number of amides is 1. The first-order chi connectivity index (χ1) is 2.27. The molecule has 2 N–H and O–H groups in total. The van der Waals surface area contributed by atoms with Crippen molar-refractivity contribution in [3.8, 4) is 0 Å². The average Bonchev–Trinajstić information content (AvgIpc) is 1.38. The Hall–Kier alpha value is 1.21. The predicted molar refractivity (Wildman–Crippen MR) is 24.3 cm³/mol. The zero-order valence-electron chi connectivity index (χ0n) is 2.34. The van der Waals surface area contributed by atoms with Crippen molar-refractivity contribution < 1.29 is 9.36 Å². The number of hydrogen-bond acceptors (Lipinski definition) is 2. The molecular formula is CH3KNO2P. The monoisotopic (exact) mass is 131 g/mol. The standard InChI is InChI=1S/CH2NO2P.K.H/c2-1(3)5-4;;/h(H2,2,3);;.